The van der Waals surface area contributed by atoms with Gasteiger partial charge in [0.1, 0.15) is 12.2 Å². The number of nitrogens with one attached hydrogen (secondary N) is 1. The van der Waals surface area contributed by atoms with E-state index in [1.54, 1.807) is 19.1 Å². The first-order chi connectivity index (χ1) is 15.5. The van der Waals surface area contributed by atoms with Crippen LogP contribution < -0.4 is 5.32 Å². The highest BCUT2D eigenvalue weighted by Crippen LogP contribution is 2.31. The summed E-state index contributed by atoms with van der Waals surface area (Å²) in [5, 5.41) is 12.1. The largest absolute Gasteiger partial charge is 0.383 e. The van der Waals surface area contributed by atoms with Gasteiger partial charge in [-0.25, -0.2) is 9.69 Å². The lowest BCUT2D eigenvalue weighted by molar-refractivity contribution is -0.139. The molecule has 0 radical (unpaired) electrons. The Morgan fingerprint density at radius 2 is 1.94 bits per heavy atom. The number of carbonyl (C=O) groups excluding carboxylic acids is 2. The summed E-state index contributed by atoms with van der Waals surface area (Å²) >= 11 is 0. The van der Waals surface area contributed by atoms with Gasteiger partial charge in [0.05, 0.1) is 19.7 Å². The first-order valence-electron chi connectivity index (χ1n) is 10.9. The molecule has 0 bridgehead atoms. The number of hydrazone groups is 1. The van der Waals surface area contributed by atoms with Crippen molar-refractivity contribution in [1.29, 1.82) is 0 Å². The number of hydrogen-bond donors (Lipinski definition) is 1. The Bertz CT molecular complexity index is 1080. The number of methoxy groups -OCH3 is 1. The number of likely N-dealkylation sites (N-methyl/N-ethyl adjacent to an activating group) is 1. The lowest BCUT2D eigenvalue weighted by atomic mass is 10.0. The molecule has 3 aliphatic heterocycles. The van der Waals surface area contributed by atoms with Crippen molar-refractivity contribution in [3.05, 3.63) is 48.0 Å². The van der Waals surface area contributed by atoms with Gasteiger partial charge >= 0.3 is 6.03 Å². The molecule has 3 amide bonds. The highest BCUT2D eigenvalue weighted by Gasteiger charge is 2.56. The molecule has 0 spiro atoms. The molecule has 0 aliphatic carbocycles. The molecule has 9 nitrogen and oxygen atoms in total. The summed E-state index contributed by atoms with van der Waals surface area (Å²) in [6.45, 7) is 3.88. The van der Waals surface area contributed by atoms with E-state index in [4.69, 9.17) is 4.74 Å². The smallest absolute Gasteiger partial charge is 0.328 e. The van der Waals surface area contributed by atoms with E-state index in [1.165, 1.54) is 4.90 Å². The average Bonchev–Trinajstić information content (AvgIpc) is 3.18. The number of ether oxygens (including phenoxy) is 1. The Labute approximate surface area is 187 Å². The zero-order chi connectivity index (χ0) is 22.4. The maximum Gasteiger partial charge on any atom is 0.328 e. The van der Waals surface area contributed by atoms with Gasteiger partial charge in [0.2, 0.25) is 0 Å². The minimum atomic E-state index is -0.479. The molecule has 0 saturated carbocycles. The molecule has 9 heteroatoms. The van der Waals surface area contributed by atoms with E-state index in [-0.39, 0.29) is 24.8 Å². The van der Waals surface area contributed by atoms with Crippen LogP contribution in [0.3, 0.4) is 0 Å². The second-order valence-corrected chi connectivity index (χ2v) is 8.55. The molecular weight excluding hydrogens is 408 g/mol. The zero-order valence-electron chi connectivity index (χ0n) is 18.6. The standard InChI is InChI=1S/C23H28N6O3/c1-15-13-27-19-20(24-22(27)29(25-15)11-12-32-3)26(2)23(31)28(21(19)30)14-17-9-6-8-16-7-4-5-10-18(16)17/h4-10,19-20,22,24H,11-14H2,1-3H3. The Kier molecular flexibility index (Phi) is 5.32. The first-order valence-corrected chi connectivity index (χ1v) is 10.9. The predicted molar refractivity (Wildman–Crippen MR) is 121 cm³/mol. The van der Waals surface area contributed by atoms with Crippen LogP contribution in [0.25, 0.3) is 10.8 Å². The molecule has 2 saturated heterocycles. The number of imide groups is 1. The van der Waals surface area contributed by atoms with Crippen LogP contribution in [-0.4, -0.2) is 89.7 Å². The summed E-state index contributed by atoms with van der Waals surface area (Å²) in [6.07, 6.45) is -0.671. The summed E-state index contributed by atoms with van der Waals surface area (Å²) in [6, 6.07) is 13.2. The topological polar surface area (TPSA) is 80.7 Å². The molecule has 5 rings (SSSR count). The number of urea groups is 1. The van der Waals surface area contributed by atoms with Crippen LogP contribution in [-0.2, 0) is 16.1 Å². The summed E-state index contributed by atoms with van der Waals surface area (Å²) in [5.74, 6) is -0.178. The van der Waals surface area contributed by atoms with Gasteiger partial charge in [-0.15, -0.1) is 0 Å². The fraction of sp³-hybridized carbons (Fsp3) is 0.435. The van der Waals surface area contributed by atoms with Crippen LogP contribution in [0.1, 0.15) is 12.5 Å². The molecule has 3 unspecified atom stereocenters. The molecule has 3 heterocycles. The summed E-state index contributed by atoms with van der Waals surface area (Å²) in [7, 11) is 3.41. The molecule has 3 atom stereocenters. The lowest BCUT2D eigenvalue weighted by Gasteiger charge is -2.42. The fourth-order valence-corrected chi connectivity index (χ4v) is 4.95. The molecule has 168 valence electrons. The van der Waals surface area contributed by atoms with Crippen LogP contribution in [0.4, 0.5) is 4.79 Å². The third kappa shape index (κ3) is 3.33. The second-order valence-electron chi connectivity index (χ2n) is 8.55. The summed E-state index contributed by atoms with van der Waals surface area (Å²) in [4.78, 5) is 32.1. The lowest BCUT2D eigenvalue weighted by Crippen LogP contribution is -2.66. The number of nitrogens with zero attached hydrogens (tertiary/aromatic N) is 5. The molecule has 3 aliphatic rings. The Morgan fingerprint density at radius 1 is 1.16 bits per heavy atom. The maximum absolute atomic E-state index is 13.7. The van der Waals surface area contributed by atoms with Crippen molar-refractivity contribution in [2.24, 2.45) is 5.10 Å². The Balaban J connectivity index is 1.45. The molecule has 2 aromatic carbocycles. The van der Waals surface area contributed by atoms with Crippen LogP contribution in [0.2, 0.25) is 0 Å². The molecule has 1 N–H and O–H groups in total. The van der Waals surface area contributed by atoms with Crippen LogP contribution in [0.15, 0.2) is 47.6 Å². The monoisotopic (exact) mass is 436 g/mol. The van der Waals surface area contributed by atoms with Crippen molar-refractivity contribution in [3.8, 4) is 0 Å². The normalized spacial score (nSPS) is 25.9. The van der Waals surface area contributed by atoms with Crippen molar-refractivity contribution in [1.82, 2.24) is 25.0 Å². The van der Waals surface area contributed by atoms with Crippen LogP contribution in [0.5, 0.6) is 0 Å². The van der Waals surface area contributed by atoms with E-state index < -0.39 is 12.2 Å². The van der Waals surface area contributed by atoms with Crippen molar-refractivity contribution in [3.63, 3.8) is 0 Å². The summed E-state index contributed by atoms with van der Waals surface area (Å²) < 4.78 is 5.23. The number of hydrogen-bond acceptors (Lipinski definition) is 7. The van der Waals surface area contributed by atoms with E-state index in [9.17, 15) is 9.59 Å². The van der Waals surface area contributed by atoms with Crippen LogP contribution >= 0.6 is 0 Å². The number of rotatable bonds is 5. The molecule has 2 fully saturated rings. The first kappa shape index (κ1) is 20.9. The van der Waals surface area contributed by atoms with Crippen molar-refractivity contribution in [2.75, 3.05) is 33.9 Å². The zero-order valence-corrected chi connectivity index (χ0v) is 18.6. The fourth-order valence-electron chi connectivity index (χ4n) is 4.95. The van der Waals surface area contributed by atoms with Crippen molar-refractivity contribution < 1.29 is 14.3 Å². The molecular formula is C23H28N6O3. The van der Waals surface area contributed by atoms with Gasteiger partial charge in [0.15, 0.2) is 6.29 Å². The third-order valence-electron chi connectivity index (χ3n) is 6.49. The minimum absolute atomic E-state index is 0.178. The Hall–Kier alpha value is -3.01. The van der Waals surface area contributed by atoms with Gasteiger partial charge in [-0.3, -0.25) is 20.0 Å². The van der Waals surface area contributed by atoms with Gasteiger partial charge in [0, 0.05) is 26.4 Å². The van der Waals surface area contributed by atoms with Crippen LogP contribution in [0, 0.1) is 0 Å². The highest BCUT2D eigenvalue weighted by molar-refractivity contribution is 6.01. The van der Waals surface area contributed by atoms with Gasteiger partial charge < -0.3 is 9.64 Å². The van der Waals surface area contributed by atoms with Gasteiger partial charge in [-0.05, 0) is 23.3 Å². The number of fused-ring (bicyclic) bond motifs is 4. The van der Waals surface area contributed by atoms with E-state index in [1.807, 2.05) is 54.4 Å². The quantitative estimate of drug-likeness (QED) is 0.764. The summed E-state index contributed by atoms with van der Waals surface area (Å²) in [5.41, 5.74) is 1.88. The number of carbonyl (C=O) groups is 2. The molecule has 0 aromatic heterocycles. The van der Waals surface area contributed by atoms with Crippen molar-refractivity contribution in [2.45, 2.75) is 32.0 Å². The van der Waals surface area contributed by atoms with Gasteiger partial charge in [-0.2, -0.15) is 5.10 Å². The highest BCUT2D eigenvalue weighted by atomic mass is 16.5. The SMILES string of the molecule is COCCN1N=C(C)CN2C3C(=O)N(Cc4cccc5ccccc45)C(=O)N(C)C3NC12. The Morgan fingerprint density at radius 3 is 2.75 bits per heavy atom. The van der Waals surface area contributed by atoms with E-state index in [0.717, 1.165) is 22.0 Å². The van der Waals surface area contributed by atoms with E-state index in [2.05, 4.69) is 15.3 Å². The van der Waals surface area contributed by atoms with Gasteiger partial charge in [-0.1, -0.05) is 42.5 Å². The van der Waals surface area contributed by atoms with Crippen molar-refractivity contribution >= 4 is 28.4 Å². The van der Waals surface area contributed by atoms with E-state index >= 15 is 0 Å². The molecule has 2 aromatic rings. The molecule has 32 heavy (non-hydrogen) atoms. The second kappa shape index (κ2) is 8.16. The number of amides is 3. The predicted octanol–water partition coefficient (Wildman–Crippen LogP) is 1.46. The maximum atomic E-state index is 13.7. The van der Waals surface area contributed by atoms with E-state index in [0.29, 0.717) is 19.7 Å². The minimum Gasteiger partial charge on any atom is -0.383 e. The van der Waals surface area contributed by atoms with Gasteiger partial charge in [0.25, 0.3) is 5.91 Å². The average molecular weight is 437 g/mol. The third-order valence-corrected chi connectivity index (χ3v) is 6.49. The number of benzene rings is 2.